The first-order chi connectivity index (χ1) is 8.24. The largest absolute Gasteiger partial charge is 0.383 e. The number of nitrogens with two attached hydrogens (primary N) is 1. The minimum atomic E-state index is -0.628. The minimum Gasteiger partial charge on any atom is -0.383 e. The zero-order valence-electron chi connectivity index (χ0n) is 9.72. The first-order valence-electron chi connectivity index (χ1n) is 5.26. The van der Waals surface area contributed by atoms with Crippen LogP contribution in [0.25, 0.3) is 0 Å². The number of nitrogens with zero attached hydrogens (tertiary/aromatic N) is 2. The Hall–Kier alpha value is -1.73. The first-order valence-corrected chi connectivity index (χ1v) is 5.26. The van der Waals surface area contributed by atoms with Gasteiger partial charge in [-0.3, -0.25) is 9.78 Å². The van der Waals surface area contributed by atoms with Crippen molar-refractivity contribution in [3.63, 3.8) is 0 Å². The molecule has 1 aromatic rings. The van der Waals surface area contributed by atoms with Crippen LogP contribution in [-0.4, -0.2) is 48.7 Å². The smallest absolute Gasteiger partial charge is 0.239 e. The van der Waals surface area contributed by atoms with Crippen molar-refractivity contribution in [1.29, 1.82) is 0 Å². The Morgan fingerprint density at radius 3 is 3.00 bits per heavy atom. The van der Waals surface area contributed by atoms with Gasteiger partial charge in [0, 0.05) is 32.6 Å². The molecule has 0 saturated carbocycles. The lowest BCUT2D eigenvalue weighted by Crippen LogP contribution is -2.44. The number of methoxy groups -OCH3 is 1. The Bertz CT molecular complexity index is 333. The second-order valence-corrected chi connectivity index (χ2v) is 3.37. The van der Waals surface area contributed by atoms with E-state index >= 15 is 0 Å². The van der Waals surface area contributed by atoms with Crippen LogP contribution >= 0.6 is 0 Å². The van der Waals surface area contributed by atoms with Crippen molar-refractivity contribution in [2.75, 3.05) is 32.1 Å². The predicted molar refractivity (Wildman–Crippen MR) is 63.4 cm³/mol. The molecule has 7 nitrogen and oxygen atoms in total. The molecule has 1 unspecified atom stereocenters. The first kappa shape index (κ1) is 13.3. The molecular weight excluding hydrogens is 222 g/mol. The zero-order chi connectivity index (χ0) is 12.5. The van der Waals surface area contributed by atoms with Gasteiger partial charge in [0.05, 0.1) is 12.8 Å². The lowest BCUT2D eigenvalue weighted by atomic mass is 10.3. The van der Waals surface area contributed by atoms with Crippen LogP contribution in [0.2, 0.25) is 0 Å². The molecule has 7 heteroatoms. The van der Waals surface area contributed by atoms with Gasteiger partial charge in [0.25, 0.3) is 0 Å². The molecule has 17 heavy (non-hydrogen) atoms. The van der Waals surface area contributed by atoms with E-state index in [1.807, 2.05) is 0 Å². The van der Waals surface area contributed by atoms with Crippen molar-refractivity contribution < 1.29 is 9.53 Å². The summed E-state index contributed by atoms with van der Waals surface area (Å²) in [5.41, 5.74) is 5.54. The lowest BCUT2D eigenvalue weighted by Gasteiger charge is -2.11. The van der Waals surface area contributed by atoms with Crippen LogP contribution in [0.1, 0.15) is 0 Å². The summed E-state index contributed by atoms with van der Waals surface area (Å²) in [4.78, 5) is 19.3. The summed E-state index contributed by atoms with van der Waals surface area (Å²) in [5.74, 6) is 0.440. The second-order valence-electron chi connectivity index (χ2n) is 3.37. The van der Waals surface area contributed by atoms with E-state index < -0.39 is 6.04 Å². The number of ether oxygens (including phenoxy) is 1. The van der Waals surface area contributed by atoms with Crippen LogP contribution in [0.3, 0.4) is 0 Å². The summed E-state index contributed by atoms with van der Waals surface area (Å²) >= 11 is 0. The van der Waals surface area contributed by atoms with Crippen molar-refractivity contribution >= 4 is 11.7 Å². The minimum absolute atomic E-state index is 0.212. The van der Waals surface area contributed by atoms with Gasteiger partial charge in [0.1, 0.15) is 11.9 Å². The molecule has 1 heterocycles. The fourth-order valence-electron chi connectivity index (χ4n) is 1.15. The van der Waals surface area contributed by atoms with E-state index in [-0.39, 0.29) is 12.5 Å². The Morgan fingerprint density at radius 1 is 1.53 bits per heavy atom. The third-order valence-electron chi connectivity index (χ3n) is 1.98. The van der Waals surface area contributed by atoms with E-state index in [0.29, 0.717) is 18.9 Å². The molecule has 0 spiro atoms. The van der Waals surface area contributed by atoms with Crippen LogP contribution in [0, 0.1) is 0 Å². The highest BCUT2D eigenvalue weighted by atomic mass is 16.5. The van der Waals surface area contributed by atoms with Crippen LogP contribution < -0.4 is 16.4 Å². The molecule has 1 atom stereocenters. The van der Waals surface area contributed by atoms with Crippen molar-refractivity contribution in [3.05, 3.63) is 18.6 Å². The number of anilines is 1. The van der Waals surface area contributed by atoms with Crippen LogP contribution in [0.15, 0.2) is 18.6 Å². The molecule has 0 aromatic carbocycles. The molecule has 0 aliphatic heterocycles. The van der Waals surface area contributed by atoms with Gasteiger partial charge in [-0.1, -0.05) is 0 Å². The Kier molecular flexibility index (Phi) is 5.91. The molecule has 94 valence electrons. The quantitative estimate of drug-likeness (QED) is 0.526. The monoisotopic (exact) mass is 239 g/mol. The molecule has 0 saturated heterocycles. The summed E-state index contributed by atoms with van der Waals surface area (Å²) in [7, 11) is 1.50. The number of aromatic nitrogens is 2. The second kappa shape index (κ2) is 7.53. The number of carbonyl (C=O) groups excluding carboxylic acids is 1. The summed E-state index contributed by atoms with van der Waals surface area (Å²) in [6.07, 6.45) is 4.80. The highest BCUT2D eigenvalue weighted by Gasteiger charge is 2.11. The van der Waals surface area contributed by atoms with Gasteiger partial charge in [0.2, 0.25) is 5.91 Å². The van der Waals surface area contributed by atoms with E-state index in [0.717, 1.165) is 0 Å². The lowest BCUT2D eigenvalue weighted by molar-refractivity contribution is -0.123. The topological polar surface area (TPSA) is 102 Å². The number of hydrogen-bond acceptors (Lipinski definition) is 6. The maximum atomic E-state index is 11.4. The van der Waals surface area contributed by atoms with Crippen LogP contribution in [0.4, 0.5) is 5.82 Å². The zero-order valence-corrected chi connectivity index (χ0v) is 9.72. The van der Waals surface area contributed by atoms with Gasteiger partial charge < -0.3 is 21.1 Å². The van der Waals surface area contributed by atoms with Crippen molar-refractivity contribution in [3.8, 4) is 0 Å². The van der Waals surface area contributed by atoms with Gasteiger partial charge in [0.15, 0.2) is 0 Å². The van der Waals surface area contributed by atoms with Gasteiger partial charge in [-0.05, 0) is 0 Å². The molecular formula is C10H17N5O2. The van der Waals surface area contributed by atoms with Gasteiger partial charge in [-0.25, -0.2) is 4.98 Å². The molecule has 0 aliphatic carbocycles. The highest BCUT2D eigenvalue weighted by molar-refractivity contribution is 5.81. The van der Waals surface area contributed by atoms with E-state index in [4.69, 9.17) is 10.5 Å². The molecule has 1 rings (SSSR count). The van der Waals surface area contributed by atoms with E-state index in [1.54, 1.807) is 18.6 Å². The summed E-state index contributed by atoms with van der Waals surface area (Å²) in [6, 6.07) is -0.628. The molecule has 4 N–H and O–H groups in total. The predicted octanol–water partition coefficient (Wildman–Crippen LogP) is -1.02. The van der Waals surface area contributed by atoms with Crippen molar-refractivity contribution in [2.24, 2.45) is 5.73 Å². The SMILES string of the molecule is COCC(N)C(=O)NCCNc1cnccn1. The Morgan fingerprint density at radius 2 is 2.35 bits per heavy atom. The third-order valence-corrected chi connectivity index (χ3v) is 1.98. The summed E-state index contributed by atoms with van der Waals surface area (Å²) < 4.78 is 4.78. The van der Waals surface area contributed by atoms with Crippen molar-refractivity contribution in [1.82, 2.24) is 15.3 Å². The average Bonchev–Trinajstić information content (AvgIpc) is 2.36. The Balaban J connectivity index is 2.14. The van der Waals surface area contributed by atoms with Crippen LogP contribution in [0.5, 0.6) is 0 Å². The fraction of sp³-hybridized carbons (Fsp3) is 0.500. The number of nitrogens with one attached hydrogen (secondary N) is 2. The molecule has 0 bridgehead atoms. The molecule has 0 aliphatic rings. The van der Waals surface area contributed by atoms with Crippen LogP contribution in [-0.2, 0) is 9.53 Å². The molecule has 0 radical (unpaired) electrons. The number of hydrogen-bond donors (Lipinski definition) is 3. The number of amides is 1. The Labute approximate surface area is 99.8 Å². The van der Waals surface area contributed by atoms with E-state index in [9.17, 15) is 4.79 Å². The summed E-state index contributed by atoms with van der Waals surface area (Å²) in [6.45, 7) is 1.24. The normalized spacial score (nSPS) is 11.9. The number of carbonyl (C=O) groups is 1. The average molecular weight is 239 g/mol. The standard InChI is InChI=1S/C10H17N5O2/c1-17-7-8(11)10(16)15-5-4-14-9-6-12-2-3-13-9/h2-3,6,8H,4-5,7,11H2,1H3,(H,13,14)(H,15,16). The van der Waals surface area contributed by atoms with Gasteiger partial charge in [-0.15, -0.1) is 0 Å². The third kappa shape index (κ3) is 5.23. The highest BCUT2D eigenvalue weighted by Crippen LogP contribution is 1.94. The van der Waals surface area contributed by atoms with E-state index in [2.05, 4.69) is 20.6 Å². The summed E-state index contributed by atoms with van der Waals surface area (Å²) in [5, 5.41) is 5.69. The molecule has 0 fully saturated rings. The fourth-order valence-corrected chi connectivity index (χ4v) is 1.15. The molecule has 1 aromatic heterocycles. The van der Waals surface area contributed by atoms with E-state index in [1.165, 1.54) is 7.11 Å². The van der Waals surface area contributed by atoms with Gasteiger partial charge >= 0.3 is 0 Å². The number of rotatable bonds is 7. The van der Waals surface area contributed by atoms with Crippen molar-refractivity contribution in [2.45, 2.75) is 6.04 Å². The molecule has 1 amide bonds. The van der Waals surface area contributed by atoms with Gasteiger partial charge in [-0.2, -0.15) is 0 Å². The maximum Gasteiger partial charge on any atom is 0.239 e. The maximum absolute atomic E-state index is 11.4.